The number of nitrogens with zero attached hydrogens (tertiary/aromatic N) is 2. The van der Waals surface area contributed by atoms with Crippen molar-refractivity contribution in [1.29, 1.82) is 0 Å². The zero-order chi connectivity index (χ0) is 18.2. The van der Waals surface area contributed by atoms with Crippen LogP contribution in [0.3, 0.4) is 0 Å². The number of ether oxygens (including phenoxy) is 1. The standard InChI is InChI=1S/C19H23N3O3/c1-4-22(16-7-5-6-14(2)12-16)19(24)17-13-15(8-9-20-17)18(23)21-10-11-25-3/h5-9,12-13H,4,10-11H2,1-3H3,(H,21,23). The molecule has 2 amide bonds. The largest absolute Gasteiger partial charge is 0.383 e. The predicted molar refractivity (Wildman–Crippen MR) is 97.0 cm³/mol. The number of nitrogens with one attached hydrogen (secondary N) is 1. The van der Waals surface area contributed by atoms with Gasteiger partial charge < -0.3 is 15.0 Å². The highest BCUT2D eigenvalue weighted by Crippen LogP contribution is 2.18. The molecule has 1 aromatic heterocycles. The Morgan fingerprint density at radius 3 is 2.72 bits per heavy atom. The maximum absolute atomic E-state index is 12.8. The fourth-order valence-electron chi connectivity index (χ4n) is 2.43. The fourth-order valence-corrected chi connectivity index (χ4v) is 2.43. The van der Waals surface area contributed by atoms with Crippen molar-refractivity contribution in [3.8, 4) is 0 Å². The van der Waals surface area contributed by atoms with Crippen LogP contribution in [-0.2, 0) is 4.74 Å². The summed E-state index contributed by atoms with van der Waals surface area (Å²) in [6, 6.07) is 10.8. The summed E-state index contributed by atoms with van der Waals surface area (Å²) in [6.07, 6.45) is 1.47. The number of hydrogen-bond donors (Lipinski definition) is 1. The van der Waals surface area contributed by atoms with Crippen LogP contribution in [-0.4, -0.2) is 43.6 Å². The minimum absolute atomic E-state index is 0.236. The van der Waals surface area contributed by atoms with Crippen LogP contribution in [0.4, 0.5) is 5.69 Å². The zero-order valence-electron chi connectivity index (χ0n) is 14.8. The average molecular weight is 341 g/mol. The van der Waals surface area contributed by atoms with Gasteiger partial charge in [-0.2, -0.15) is 0 Å². The molecule has 0 spiro atoms. The lowest BCUT2D eigenvalue weighted by molar-refractivity contribution is 0.0937. The van der Waals surface area contributed by atoms with Gasteiger partial charge in [0, 0.05) is 37.6 Å². The number of aryl methyl sites for hydroxylation is 1. The lowest BCUT2D eigenvalue weighted by Gasteiger charge is -2.21. The van der Waals surface area contributed by atoms with E-state index in [2.05, 4.69) is 10.3 Å². The summed E-state index contributed by atoms with van der Waals surface area (Å²) in [6.45, 7) is 5.23. The van der Waals surface area contributed by atoms with Crippen LogP contribution in [0, 0.1) is 6.92 Å². The molecule has 1 aromatic carbocycles. The smallest absolute Gasteiger partial charge is 0.276 e. The first kappa shape index (κ1) is 18.6. The molecule has 1 N–H and O–H groups in total. The fraction of sp³-hybridized carbons (Fsp3) is 0.316. The van der Waals surface area contributed by atoms with Crippen LogP contribution in [0.2, 0.25) is 0 Å². The molecule has 0 radical (unpaired) electrons. The van der Waals surface area contributed by atoms with E-state index < -0.39 is 0 Å². The van der Waals surface area contributed by atoms with Gasteiger partial charge in [0.05, 0.1) is 6.61 Å². The monoisotopic (exact) mass is 341 g/mol. The summed E-state index contributed by atoms with van der Waals surface area (Å²) in [5.74, 6) is -0.494. The van der Waals surface area contributed by atoms with Gasteiger partial charge in [0.15, 0.2) is 0 Å². The molecule has 0 bridgehead atoms. The van der Waals surface area contributed by atoms with Gasteiger partial charge in [-0.3, -0.25) is 14.6 Å². The number of aromatic nitrogens is 1. The highest BCUT2D eigenvalue weighted by atomic mass is 16.5. The Morgan fingerprint density at radius 1 is 1.24 bits per heavy atom. The lowest BCUT2D eigenvalue weighted by Crippen LogP contribution is -2.32. The van der Waals surface area contributed by atoms with Crippen LogP contribution in [0.15, 0.2) is 42.6 Å². The maximum Gasteiger partial charge on any atom is 0.276 e. The molecule has 0 aliphatic heterocycles. The molecule has 2 aromatic rings. The van der Waals surface area contributed by atoms with E-state index >= 15 is 0 Å². The number of methoxy groups -OCH3 is 1. The molecule has 1 heterocycles. The third-order valence-corrected chi connectivity index (χ3v) is 3.71. The Morgan fingerprint density at radius 2 is 2.04 bits per heavy atom. The minimum atomic E-state index is -0.257. The Balaban J connectivity index is 2.20. The first-order chi connectivity index (χ1) is 12.1. The second-order valence-electron chi connectivity index (χ2n) is 5.57. The van der Waals surface area contributed by atoms with Crippen molar-refractivity contribution >= 4 is 17.5 Å². The highest BCUT2D eigenvalue weighted by Gasteiger charge is 2.19. The quantitative estimate of drug-likeness (QED) is 0.785. The number of rotatable bonds is 7. The van der Waals surface area contributed by atoms with E-state index in [1.807, 2.05) is 38.1 Å². The molecular formula is C19H23N3O3. The van der Waals surface area contributed by atoms with Crippen LogP contribution in [0.5, 0.6) is 0 Å². The highest BCUT2D eigenvalue weighted by molar-refractivity contribution is 6.06. The Hall–Kier alpha value is -2.73. The maximum atomic E-state index is 12.8. The Bertz CT molecular complexity index is 746. The number of carbonyl (C=O) groups excluding carboxylic acids is 2. The van der Waals surface area contributed by atoms with Crippen molar-refractivity contribution in [2.75, 3.05) is 31.7 Å². The summed E-state index contributed by atoms with van der Waals surface area (Å²) in [4.78, 5) is 30.7. The lowest BCUT2D eigenvalue weighted by atomic mass is 10.1. The van der Waals surface area contributed by atoms with Gasteiger partial charge in [-0.05, 0) is 43.7 Å². The van der Waals surface area contributed by atoms with Crippen LogP contribution >= 0.6 is 0 Å². The number of benzene rings is 1. The number of carbonyl (C=O) groups is 2. The average Bonchev–Trinajstić information content (AvgIpc) is 2.62. The van der Waals surface area contributed by atoms with Gasteiger partial charge in [-0.25, -0.2) is 0 Å². The Kier molecular flexibility index (Phi) is 6.65. The number of amides is 2. The molecule has 0 aliphatic rings. The predicted octanol–water partition coefficient (Wildman–Crippen LogP) is 2.43. The molecule has 0 atom stereocenters. The van der Waals surface area contributed by atoms with Crippen LogP contribution in [0.25, 0.3) is 0 Å². The van der Waals surface area contributed by atoms with Crippen molar-refractivity contribution in [2.24, 2.45) is 0 Å². The normalized spacial score (nSPS) is 10.4. The molecule has 6 nitrogen and oxygen atoms in total. The van der Waals surface area contributed by atoms with E-state index in [1.54, 1.807) is 18.1 Å². The van der Waals surface area contributed by atoms with Gasteiger partial charge >= 0.3 is 0 Å². The van der Waals surface area contributed by atoms with E-state index in [4.69, 9.17) is 4.74 Å². The molecule has 6 heteroatoms. The topological polar surface area (TPSA) is 71.5 Å². The number of anilines is 1. The number of pyridine rings is 1. The third kappa shape index (κ3) is 4.87. The number of hydrogen-bond acceptors (Lipinski definition) is 4. The van der Waals surface area contributed by atoms with Gasteiger partial charge in [-0.1, -0.05) is 12.1 Å². The molecule has 0 aliphatic carbocycles. The molecule has 25 heavy (non-hydrogen) atoms. The van der Waals surface area contributed by atoms with E-state index in [1.165, 1.54) is 12.3 Å². The van der Waals surface area contributed by atoms with Gasteiger partial charge in [0.25, 0.3) is 11.8 Å². The van der Waals surface area contributed by atoms with Crippen molar-refractivity contribution in [3.05, 3.63) is 59.4 Å². The first-order valence-corrected chi connectivity index (χ1v) is 8.18. The van der Waals surface area contributed by atoms with Gasteiger partial charge in [-0.15, -0.1) is 0 Å². The van der Waals surface area contributed by atoms with E-state index in [0.29, 0.717) is 25.3 Å². The van der Waals surface area contributed by atoms with Crippen LogP contribution < -0.4 is 10.2 Å². The summed E-state index contributed by atoms with van der Waals surface area (Å²) < 4.78 is 4.91. The summed E-state index contributed by atoms with van der Waals surface area (Å²) in [7, 11) is 1.57. The SMILES string of the molecule is CCN(C(=O)c1cc(C(=O)NCCOC)ccn1)c1cccc(C)c1. The minimum Gasteiger partial charge on any atom is -0.383 e. The third-order valence-electron chi connectivity index (χ3n) is 3.71. The van der Waals surface area contributed by atoms with Crippen LogP contribution in [0.1, 0.15) is 33.3 Å². The summed E-state index contributed by atoms with van der Waals surface area (Å²) in [5.41, 5.74) is 2.52. The molecule has 132 valence electrons. The summed E-state index contributed by atoms with van der Waals surface area (Å²) >= 11 is 0. The summed E-state index contributed by atoms with van der Waals surface area (Å²) in [5, 5.41) is 2.73. The van der Waals surface area contributed by atoms with Crippen molar-refractivity contribution in [2.45, 2.75) is 13.8 Å². The van der Waals surface area contributed by atoms with E-state index in [9.17, 15) is 9.59 Å². The van der Waals surface area contributed by atoms with Gasteiger partial charge in [0.2, 0.25) is 0 Å². The second kappa shape index (κ2) is 8.94. The van der Waals surface area contributed by atoms with Crippen molar-refractivity contribution in [3.63, 3.8) is 0 Å². The molecule has 0 fully saturated rings. The molecule has 0 saturated heterocycles. The Labute approximate surface area is 147 Å². The second-order valence-corrected chi connectivity index (χ2v) is 5.57. The molecule has 0 unspecified atom stereocenters. The molecular weight excluding hydrogens is 318 g/mol. The van der Waals surface area contributed by atoms with Gasteiger partial charge in [0.1, 0.15) is 5.69 Å². The van der Waals surface area contributed by atoms with Crippen molar-refractivity contribution in [1.82, 2.24) is 10.3 Å². The molecule has 0 saturated carbocycles. The molecule has 2 rings (SSSR count). The van der Waals surface area contributed by atoms with E-state index in [-0.39, 0.29) is 17.5 Å². The van der Waals surface area contributed by atoms with Crippen molar-refractivity contribution < 1.29 is 14.3 Å². The van der Waals surface area contributed by atoms with E-state index in [0.717, 1.165) is 11.3 Å². The first-order valence-electron chi connectivity index (χ1n) is 8.18. The zero-order valence-corrected chi connectivity index (χ0v) is 14.8.